The number of aliphatic carboxylic acids is 1. The molecule has 15 heteroatoms. The Bertz CT molecular complexity index is 1240. The van der Waals surface area contributed by atoms with Crippen LogP contribution in [0, 0.1) is 11.8 Å². The Hall–Kier alpha value is -2.54. The Labute approximate surface area is 305 Å². The van der Waals surface area contributed by atoms with Crippen molar-refractivity contribution in [1.82, 2.24) is 0 Å². The zero-order chi connectivity index (χ0) is 38.6. The number of carbonyl (C=O) groups is 2. The summed E-state index contributed by atoms with van der Waals surface area (Å²) >= 11 is 0. The predicted octanol–water partition coefficient (Wildman–Crippen LogP) is 0.714. The van der Waals surface area contributed by atoms with Crippen LogP contribution in [0.15, 0.2) is 48.6 Å². The molecule has 0 amide bonds. The van der Waals surface area contributed by atoms with Crippen LogP contribution >= 0.6 is 0 Å². The van der Waals surface area contributed by atoms with Crippen LogP contribution in [0.5, 0.6) is 0 Å². The van der Waals surface area contributed by atoms with E-state index in [4.69, 9.17) is 24.7 Å². The number of carbonyl (C=O) groups excluding carboxylic acids is 1. The van der Waals surface area contributed by atoms with E-state index in [1.54, 1.807) is 37.3 Å². The van der Waals surface area contributed by atoms with Gasteiger partial charge in [-0.05, 0) is 38.5 Å². The quantitative estimate of drug-likeness (QED) is 0.180. The number of aliphatic hydroxyl groups is 7. The van der Waals surface area contributed by atoms with Gasteiger partial charge < -0.3 is 65.5 Å². The SMILES string of the molecule is CC(C)C1CCC\C=C/C=C/C=C/C=C/C(OC2OC(C)C(O)C(N)C2O)CC2OC(O)(CC(O)CC(O)C(O)CCC(=O)O1)CC(O)C2C(=O)O. The van der Waals surface area contributed by atoms with Crippen LogP contribution in [-0.2, 0) is 28.5 Å². The fourth-order valence-corrected chi connectivity index (χ4v) is 6.67. The molecule has 0 spiro atoms. The molecule has 0 aliphatic carbocycles. The number of ether oxygens (including phenoxy) is 4. The summed E-state index contributed by atoms with van der Waals surface area (Å²) in [5.74, 6) is -5.65. The largest absolute Gasteiger partial charge is 0.481 e. The highest BCUT2D eigenvalue weighted by atomic mass is 16.7. The second-order valence-electron chi connectivity index (χ2n) is 14.5. The van der Waals surface area contributed by atoms with Gasteiger partial charge in [0.2, 0.25) is 0 Å². The van der Waals surface area contributed by atoms with Gasteiger partial charge in [-0.25, -0.2) is 0 Å². The summed E-state index contributed by atoms with van der Waals surface area (Å²) in [6.07, 6.45) is 0.558. The number of hydrogen-bond donors (Lipinski definition) is 9. The standard InChI is InChI=1S/C37H59NO14/c1-21(2)28-14-12-10-8-6-4-5-7-9-11-13-24(50-36-34(45)32(38)33(44)22(3)49-36)18-29-31(35(46)47)27(42)20-37(48,52-29)19-23(39)17-26(41)25(40)15-16-30(43)51-28/h4-9,11,13,21-29,31-34,36,39-42,44-45,48H,10,12,14-20,38H2,1-3H3,(H,46,47)/b5-4+,8-6-,9-7+,13-11+. The van der Waals surface area contributed by atoms with Crippen LogP contribution in [0.25, 0.3) is 0 Å². The maximum atomic E-state index is 12.6. The first-order valence-electron chi connectivity index (χ1n) is 18.1. The van der Waals surface area contributed by atoms with Crippen LogP contribution in [0.4, 0.5) is 0 Å². The van der Waals surface area contributed by atoms with Gasteiger partial charge in [-0.3, -0.25) is 9.59 Å². The van der Waals surface area contributed by atoms with E-state index in [2.05, 4.69) is 0 Å². The lowest BCUT2D eigenvalue weighted by Crippen LogP contribution is -2.61. The van der Waals surface area contributed by atoms with Crippen LogP contribution in [0.3, 0.4) is 0 Å². The first-order chi connectivity index (χ1) is 24.5. The average Bonchev–Trinajstić information content (AvgIpc) is 3.05. The molecule has 2 bridgehead atoms. The first kappa shape index (κ1) is 43.9. The van der Waals surface area contributed by atoms with Crippen molar-refractivity contribution >= 4 is 11.9 Å². The minimum atomic E-state index is -2.25. The average molecular weight is 742 g/mol. The molecule has 296 valence electrons. The monoisotopic (exact) mass is 741 g/mol. The molecular formula is C37H59NO14. The molecule has 14 unspecified atom stereocenters. The summed E-state index contributed by atoms with van der Waals surface area (Å²) in [6.45, 7) is 5.45. The van der Waals surface area contributed by atoms with Crippen LogP contribution in [-0.4, -0.2) is 132 Å². The minimum absolute atomic E-state index is 0.0690. The second-order valence-corrected chi connectivity index (χ2v) is 14.5. The van der Waals surface area contributed by atoms with E-state index >= 15 is 0 Å². The van der Waals surface area contributed by atoms with Gasteiger partial charge in [-0.2, -0.15) is 0 Å². The van der Waals surface area contributed by atoms with Gasteiger partial charge in [-0.15, -0.1) is 0 Å². The lowest BCUT2D eigenvalue weighted by atomic mass is 9.82. The summed E-state index contributed by atoms with van der Waals surface area (Å²) in [4.78, 5) is 24.9. The van der Waals surface area contributed by atoms with Crippen LogP contribution < -0.4 is 5.73 Å². The number of cyclic esters (lactones) is 1. The Morgan fingerprint density at radius 1 is 0.923 bits per heavy atom. The van der Waals surface area contributed by atoms with Crippen molar-refractivity contribution in [3.63, 3.8) is 0 Å². The van der Waals surface area contributed by atoms with E-state index in [0.717, 1.165) is 12.8 Å². The zero-order valence-corrected chi connectivity index (χ0v) is 30.2. The van der Waals surface area contributed by atoms with Gasteiger partial charge in [0, 0.05) is 32.1 Å². The summed E-state index contributed by atoms with van der Waals surface area (Å²) < 4.78 is 23.2. The Morgan fingerprint density at radius 2 is 1.60 bits per heavy atom. The number of nitrogens with two attached hydrogens (primary N) is 1. The summed E-state index contributed by atoms with van der Waals surface area (Å²) in [7, 11) is 0. The molecule has 3 heterocycles. The molecule has 14 atom stereocenters. The molecule has 0 aromatic rings. The topological polar surface area (TPSA) is 259 Å². The van der Waals surface area contributed by atoms with Crippen molar-refractivity contribution in [3.05, 3.63) is 48.6 Å². The van der Waals surface area contributed by atoms with Crippen molar-refractivity contribution in [2.45, 2.75) is 158 Å². The molecule has 3 aliphatic rings. The molecule has 0 saturated carbocycles. The number of aliphatic hydroxyl groups excluding tert-OH is 6. The summed E-state index contributed by atoms with van der Waals surface area (Å²) in [5.41, 5.74) is 5.99. The van der Waals surface area contributed by atoms with Crippen molar-refractivity contribution in [2.24, 2.45) is 17.6 Å². The smallest absolute Gasteiger partial charge is 0.311 e. The van der Waals surface area contributed by atoms with E-state index in [9.17, 15) is 50.4 Å². The van der Waals surface area contributed by atoms with E-state index in [1.807, 2.05) is 32.1 Å². The minimum Gasteiger partial charge on any atom is -0.481 e. The van der Waals surface area contributed by atoms with Gasteiger partial charge in [0.15, 0.2) is 12.1 Å². The van der Waals surface area contributed by atoms with Gasteiger partial charge in [0.1, 0.15) is 18.1 Å². The molecule has 52 heavy (non-hydrogen) atoms. The lowest BCUT2D eigenvalue weighted by molar-refractivity contribution is -0.308. The first-order valence-corrected chi connectivity index (χ1v) is 18.1. The molecule has 10 N–H and O–H groups in total. The van der Waals surface area contributed by atoms with E-state index in [-0.39, 0.29) is 31.3 Å². The highest BCUT2D eigenvalue weighted by molar-refractivity contribution is 5.71. The molecule has 3 aliphatic heterocycles. The highest BCUT2D eigenvalue weighted by Gasteiger charge is 2.51. The number of esters is 1. The summed E-state index contributed by atoms with van der Waals surface area (Å²) in [5, 5.41) is 85.4. The lowest BCUT2D eigenvalue weighted by Gasteiger charge is -2.45. The maximum absolute atomic E-state index is 12.6. The van der Waals surface area contributed by atoms with Crippen molar-refractivity contribution in [2.75, 3.05) is 0 Å². The number of fused-ring (bicyclic) bond motifs is 2. The van der Waals surface area contributed by atoms with Gasteiger partial charge in [0.25, 0.3) is 0 Å². The van der Waals surface area contributed by atoms with Gasteiger partial charge in [-0.1, -0.05) is 62.5 Å². The van der Waals surface area contributed by atoms with Crippen molar-refractivity contribution in [3.8, 4) is 0 Å². The molecule has 3 rings (SSSR count). The number of carboxylic acids is 1. The fraction of sp³-hybridized carbons (Fsp3) is 0.730. The Morgan fingerprint density at radius 3 is 2.27 bits per heavy atom. The number of rotatable bonds is 4. The number of allylic oxidation sites excluding steroid dienone is 7. The second kappa shape index (κ2) is 20.8. The Balaban J connectivity index is 1.88. The van der Waals surface area contributed by atoms with Crippen molar-refractivity contribution in [1.29, 1.82) is 0 Å². The third-order valence-corrected chi connectivity index (χ3v) is 9.73. The highest BCUT2D eigenvalue weighted by Crippen LogP contribution is 2.38. The third-order valence-electron chi connectivity index (χ3n) is 9.73. The molecule has 2 saturated heterocycles. The molecule has 0 aromatic heterocycles. The Kier molecular flexibility index (Phi) is 17.5. The van der Waals surface area contributed by atoms with Gasteiger partial charge in [0.05, 0.1) is 54.9 Å². The molecular weight excluding hydrogens is 682 g/mol. The number of hydrogen-bond acceptors (Lipinski definition) is 14. The van der Waals surface area contributed by atoms with E-state index in [0.29, 0.717) is 6.42 Å². The number of carboxylic acid groups (broad SMARTS) is 1. The van der Waals surface area contributed by atoms with Crippen molar-refractivity contribution < 1.29 is 69.4 Å². The van der Waals surface area contributed by atoms with E-state index in [1.165, 1.54) is 0 Å². The van der Waals surface area contributed by atoms with Gasteiger partial charge >= 0.3 is 11.9 Å². The molecule has 15 nitrogen and oxygen atoms in total. The fourth-order valence-electron chi connectivity index (χ4n) is 6.67. The normalized spacial score (nSPS) is 43.5. The predicted molar refractivity (Wildman–Crippen MR) is 187 cm³/mol. The maximum Gasteiger partial charge on any atom is 0.311 e. The molecule has 0 aromatic carbocycles. The molecule has 0 radical (unpaired) electrons. The third kappa shape index (κ3) is 13.4. The van der Waals surface area contributed by atoms with Crippen LogP contribution in [0.2, 0.25) is 0 Å². The summed E-state index contributed by atoms with van der Waals surface area (Å²) in [6, 6.07) is -1.11. The van der Waals surface area contributed by atoms with E-state index < -0.39 is 110 Å². The zero-order valence-electron chi connectivity index (χ0n) is 30.2. The van der Waals surface area contributed by atoms with Crippen LogP contribution in [0.1, 0.15) is 78.6 Å². The molecule has 2 fully saturated rings.